The molecule has 2 aromatic rings. The van der Waals surface area contributed by atoms with Crippen LogP contribution in [0.2, 0.25) is 0 Å². The number of H-pyrrole nitrogens is 1. The molecule has 3 rings (SSSR count). The molecule has 0 radical (unpaired) electrons. The fourth-order valence-corrected chi connectivity index (χ4v) is 3.19. The van der Waals surface area contributed by atoms with Crippen LogP contribution in [0.1, 0.15) is 24.1 Å². The van der Waals surface area contributed by atoms with Gasteiger partial charge in [0.1, 0.15) is 5.75 Å². The number of aryl methyl sites for hydroxylation is 1. The van der Waals surface area contributed by atoms with Gasteiger partial charge in [-0.15, -0.1) is 11.6 Å². The topological polar surface area (TPSA) is 36.0 Å². The van der Waals surface area contributed by atoms with Crippen molar-refractivity contribution < 1.29 is 5.11 Å². The summed E-state index contributed by atoms with van der Waals surface area (Å²) in [5.74, 6) is 1.79. The van der Waals surface area contributed by atoms with E-state index >= 15 is 0 Å². The molecule has 0 saturated heterocycles. The van der Waals surface area contributed by atoms with Crippen molar-refractivity contribution in [3.05, 3.63) is 29.5 Å². The number of hydrogen-bond acceptors (Lipinski definition) is 1. The maximum absolute atomic E-state index is 9.58. The van der Waals surface area contributed by atoms with E-state index in [0.717, 1.165) is 30.7 Å². The number of fused-ring (bicyclic) bond motifs is 3. The molecule has 90 valence electrons. The molecule has 0 saturated carbocycles. The molecule has 17 heavy (non-hydrogen) atoms. The summed E-state index contributed by atoms with van der Waals surface area (Å²) in [6, 6.07) is 5.56. The highest BCUT2D eigenvalue weighted by Crippen LogP contribution is 2.34. The standard InChI is InChI=1S/C14H16ClNO/c15-6-5-9-1-3-13-11(7-9)12-8-10(17)2-4-14(12)16-13/h2,4,8-9,16-17H,1,3,5-7H2. The smallest absolute Gasteiger partial charge is 0.116 e. The van der Waals surface area contributed by atoms with Crippen molar-refractivity contribution in [3.8, 4) is 5.75 Å². The maximum Gasteiger partial charge on any atom is 0.116 e. The van der Waals surface area contributed by atoms with Crippen LogP contribution >= 0.6 is 11.6 Å². The van der Waals surface area contributed by atoms with Crippen LogP contribution in [0.5, 0.6) is 5.75 Å². The first-order valence-electron chi connectivity index (χ1n) is 6.16. The molecule has 0 aliphatic heterocycles. The number of rotatable bonds is 2. The largest absolute Gasteiger partial charge is 0.508 e. The van der Waals surface area contributed by atoms with Crippen molar-refractivity contribution in [2.24, 2.45) is 5.92 Å². The first kappa shape index (κ1) is 11.0. The number of phenols is 1. The second-order valence-corrected chi connectivity index (χ2v) is 5.28. The number of hydrogen-bond donors (Lipinski definition) is 2. The average Bonchev–Trinajstić information content (AvgIpc) is 2.67. The maximum atomic E-state index is 9.58. The molecule has 1 aliphatic rings. The van der Waals surface area contributed by atoms with Crippen LogP contribution in [0.3, 0.4) is 0 Å². The molecular formula is C14H16ClNO. The number of aromatic nitrogens is 1. The van der Waals surface area contributed by atoms with E-state index in [-0.39, 0.29) is 0 Å². The van der Waals surface area contributed by atoms with Crippen molar-refractivity contribution in [2.45, 2.75) is 25.7 Å². The zero-order valence-corrected chi connectivity index (χ0v) is 10.4. The summed E-state index contributed by atoms with van der Waals surface area (Å²) in [6.45, 7) is 0. The van der Waals surface area contributed by atoms with E-state index < -0.39 is 0 Å². The molecule has 1 unspecified atom stereocenters. The fourth-order valence-electron chi connectivity index (χ4n) is 2.88. The van der Waals surface area contributed by atoms with Gasteiger partial charge in [0.15, 0.2) is 0 Å². The van der Waals surface area contributed by atoms with E-state index in [4.69, 9.17) is 11.6 Å². The van der Waals surface area contributed by atoms with Gasteiger partial charge in [0.2, 0.25) is 0 Å². The highest BCUT2D eigenvalue weighted by molar-refractivity contribution is 6.17. The summed E-state index contributed by atoms with van der Waals surface area (Å²) >= 11 is 5.83. The van der Waals surface area contributed by atoms with Crippen LogP contribution in [-0.2, 0) is 12.8 Å². The Kier molecular flexibility index (Phi) is 2.75. The predicted molar refractivity (Wildman–Crippen MR) is 70.8 cm³/mol. The third-order valence-corrected chi connectivity index (χ3v) is 4.01. The van der Waals surface area contributed by atoms with Crippen LogP contribution in [0.4, 0.5) is 0 Å². The summed E-state index contributed by atoms with van der Waals surface area (Å²) < 4.78 is 0. The van der Waals surface area contributed by atoms with Crippen LogP contribution in [0.25, 0.3) is 10.9 Å². The highest BCUT2D eigenvalue weighted by Gasteiger charge is 2.22. The van der Waals surface area contributed by atoms with Crippen LogP contribution in [-0.4, -0.2) is 16.0 Å². The Morgan fingerprint density at radius 1 is 1.41 bits per heavy atom. The van der Waals surface area contributed by atoms with Gasteiger partial charge in [0.05, 0.1) is 0 Å². The zero-order valence-electron chi connectivity index (χ0n) is 9.67. The second kappa shape index (κ2) is 4.26. The first-order chi connectivity index (χ1) is 8.28. The molecule has 1 aromatic heterocycles. The Bertz CT molecular complexity index is 546. The van der Waals surface area contributed by atoms with E-state index in [1.165, 1.54) is 23.1 Å². The van der Waals surface area contributed by atoms with Gasteiger partial charge in [-0.1, -0.05) is 0 Å². The van der Waals surface area contributed by atoms with Crippen molar-refractivity contribution in [3.63, 3.8) is 0 Å². The normalized spacial score (nSPS) is 19.5. The molecule has 1 atom stereocenters. The molecule has 0 spiro atoms. The van der Waals surface area contributed by atoms with Crippen LogP contribution < -0.4 is 0 Å². The molecule has 2 nitrogen and oxygen atoms in total. The summed E-state index contributed by atoms with van der Waals surface area (Å²) in [6.07, 6.45) is 4.50. The van der Waals surface area contributed by atoms with Gasteiger partial charge in [-0.2, -0.15) is 0 Å². The second-order valence-electron chi connectivity index (χ2n) is 4.90. The zero-order chi connectivity index (χ0) is 11.8. The number of alkyl halides is 1. The molecule has 3 heteroatoms. The lowest BCUT2D eigenvalue weighted by molar-refractivity contribution is 0.446. The Morgan fingerprint density at radius 3 is 3.12 bits per heavy atom. The number of phenolic OH excluding ortho intramolecular Hbond substituents is 1. The Labute approximate surface area is 106 Å². The third kappa shape index (κ3) is 1.91. The molecule has 1 heterocycles. The quantitative estimate of drug-likeness (QED) is 0.784. The molecule has 2 N–H and O–H groups in total. The van der Waals surface area contributed by atoms with Crippen molar-refractivity contribution in [2.75, 3.05) is 5.88 Å². The van der Waals surface area contributed by atoms with Gasteiger partial charge in [0.25, 0.3) is 0 Å². The highest BCUT2D eigenvalue weighted by atomic mass is 35.5. The van der Waals surface area contributed by atoms with Crippen molar-refractivity contribution in [1.82, 2.24) is 4.98 Å². The SMILES string of the molecule is Oc1ccc2[nH]c3c(c2c1)CC(CCCl)CC3. The number of halogens is 1. The van der Waals surface area contributed by atoms with Gasteiger partial charge in [-0.3, -0.25) is 0 Å². The van der Waals surface area contributed by atoms with E-state index in [9.17, 15) is 5.11 Å². The minimum Gasteiger partial charge on any atom is -0.508 e. The molecule has 1 aliphatic carbocycles. The van der Waals surface area contributed by atoms with E-state index in [1.54, 1.807) is 6.07 Å². The molecular weight excluding hydrogens is 234 g/mol. The molecule has 0 amide bonds. The fraction of sp³-hybridized carbons (Fsp3) is 0.429. The van der Waals surface area contributed by atoms with E-state index in [0.29, 0.717) is 11.7 Å². The number of aromatic amines is 1. The van der Waals surface area contributed by atoms with Crippen molar-refractivity contribution >= 4 is 22.5 Å². The summed E-state index contributed by atoms with van der Waals surface area (Å²) in [5.41, 5.74) is 3.87. The third-order valence-electron chi connectivity index (χ3n) is 3.79. The van der Waals surface area contributed by atoms with Gasteiger partial charge < -0.3 is 10.1 Å². The van der Waals surface area contributed by atoms with Crippen LogP contribution in [0, 0.1) is 5.92 Å². The summed E-state index contributed by atoms with van der Waals surface area (Å²) in [5, 5.41) is 10.8. The van der Waals surface area contributed by atoms with E-state index in [1.807, 2.05) is 12.1 Å². The number of aromatic hydroxyl groups is 1. The minimum atomic E-state index is 0.346. The lowest BCUT2D eigenvalue weighted by Crippen LogP contribution is -2.13. The minimum absolute atomic E-state index is 0.346. The average molecular weight is 250 g/mol. The van der Waals surface area contributed by atoms with Gasteiger partial charge in [0, 0.05) is 22.5 Å². The number of benzene rings is 1. The Morgan fingerprint density at radius 2 is 2.29 bits per heavy atom. The molecule has 1 aromatic carbocycles. The molecule has 0 bridgehead atoms. The lowest BCUT2D eigenvalue weighted by atomic mass is 9.85. The van der Waals surface area contributed by atoms with Gasteiger partial charge >= 0.3 is 0 Å². The monoisotopic (exact) mass is 249 g/mol. The van der Waals surface area contributed by atoms with Gasteiger partial charge in [-0.25, -0.2) is 0 Å². The first-order valence-corrected chi connectivity index (χ1v) is 6.70. The van der Waals surface area contributed by atoms with Crippen LogP contribution in [0.15, 0.2) is 18.2 Å². The Hall–Kier alpha value is -1.15. The number of nitrogens with one attached hydrogen (secondary N) is 1. The Balaban J connectivity index is 2.04. The lowest BCUT2D eigenvalue weighted by Gasteiger charge is -2.21. The predicted octanol–water partition coefficient (Wildman–Crippen LogP) is 3.61. The van der Waals surface area contributed by atoms with Crippen molar-refractivity contribution in [1.29, 1.82) is 0 Å². The van der Waals surface area contributed by atoms with E-state index in [2.05, 4.69) is 4.98 Å². The van der Waals surface area contributed by atoms with Gasteiger partial charge in [-0.05, 0) is 55.4 Å². The summed E-state index contributed by atoms with van der Waals surface area (Å²) in [7, 11) is 0. The summed E-state index contributed by atoms with van der Waals surface area (Å²) in [4.78, 5) is 3.46. The molecule has 0 fully saturated rings.